The Morgan fingerprint density at radius 3 is 2.52 bits per heavy atom. The van der Waals surface area contributed by atoms with E-state index in [1.165, 1.54) is 15.6 Å². The molecule has 2 aromatic carbocycles. The number of hydrogen-bond donors (Lipinski definition) is 1. The lowest BCUT2D eigenvalue weighted by molar-refractivity contribution is -0.119. The summed E-state index contributed by atoms with van der Waals surface area (Å²) >= 11 is 1.32. The third-order valence-electron chi connectivity index (χ3n) is 5.75. The summed E-state index contributed by atoms with van der Waals surface area (Å²) in [6.07, 6.45) is 2.90. The third-order valence-corrected chi connectivity index (χ3v) is 8.43. The van der Waals surface area contributed by atoms with E-state index >= 15 is 0 Å². The molecule has 1 aromatic heterocycles. The van der Waals surface area contributed by atoms with Gasteiger partial charge in [-0.2, -0.15) is 4.31 Å². The number of methoxy groups -OCH3 is 1. The van der Waals surface area contributed by atoms with E-state index < -0.39 is 16.1 Å². The molecule has 1 unspecified atom stereocenters. The van der Waals surface area contributed by atoms with Crippen molar-refractivity contribution in [2.45, 2.75) is 43.5 Å². The van der Waals surface area contributed by atoms with Gasteiger partial charge in [-0.05, 0) is 56.2 Å². The molecule has 1 amide bonds. The maximum atomic E-state index is 13.4. The van der Waals surface area contributed by atoms with Crippen LogP contribution in [-0.2, 0) is 14.8 Å². The second kappa shape index (κ2) is 10.0. The second-order valence-corrected chi connectivity index (χ2v) is 10.8. The minimum Gasteiger partial charge on any atom is -0.497 e. The Morgan fingerprint density at radius 1 is 1.09 bits per heavy atom. The SMILES string of the molecule is COc1ccc(-c2csc(NC(=O)C3CCCCCN3S(=O)(=O)c3ccc(C)cc3)n2)cc1. The lowest BCUT2D eigenvalue weighted by Gasteiger charge is -2.28. The van der Waals surface area contributed by atoms with Crippen LogP contribution in [0, 0.1) is 6.92 Å². The largest absolute Gasteiger partial charge is 0.497 e. The molecule has 0 saturated carbocycles. The number of anilines is 1. The van der Waals surface area contributed by atoms with Crippen LogP contribution < -0.4 is 10.1 Å². The highest BCUT2D eigenvalue weighted by Crippen LogP contribution is 2.29. The van der Waals surface area contributed by atoms with Crippen molar-refractivity contribution in [1.82, 2.24) is 9.29 Å². The monoisotopic (exact) mass is 485 g/mol. The maximum Gasteiger partial charge on any atom is 0.244 e. The fraction of sp³-hybridized carbons (Fsp3) is 0.333. The molecule has 1 saturated heterocycles. The molecule has 0 radical (unpaired) electrons. The van der Waals surface area contributed by atoms with E-state index in [0.29, 0.717) is 18.1 Å². The molecule has 0 spiro atoms. The summed E-state index contributed by atoms with van der Waals surface area (Å²) in [6, 6.07) is 13.5. The van der Waals surface area contributed by atoms with E-state index in [0.717, 1.165) is 41.8 Å². The van der Waals surface area contributed by atoms with Gasteiger partial charge in [0.2, 0.25) is 15.9 Å². The summed E-state index contributed by atoms with van der Waals surface area (Å²) in [6.45, 7) is 2.23. The van der Waals surface area contributed by atoms with Gasteiger partial charge >= 0.3 is 0 Å². The van der Waals surface area contributed by atoms with Gasteiger partial charge in [-0.3, -0.25) is 4.79 Å². The van der Waals surface area contributed by atoms with Crippen LogP contribution >= 0.6 is 11.3 Å². The van der Waals surface area contributed by atoms with Crippen LogP contribution in [0.3, 0.4) is 0 Å². The van der Waals surface area contributed by atoms with Gasteiger partial charge in [0.1, 0.15) is 11.8 Å². The molecule has 9 heteroatoms. The number of carbonyl (C=O) groups excluding carboxylic acids is 1. The summed E-state index contributed by atoms with van der Waals surface area (Å²) in [7, 11) is -2.18. The highest BCUT2D eigenvalue weighted by Gasteiger charge is 2.36. The number of aromatic nitrogens is 1. The zero-order chi connectivity index (χ0) is 23.4. The number of thiazole rings is 1. The van der Waals surface area contributed by atoms with Gasteiger partial charge in [-0.1, -0.05) is 30.5 Å². The van der Waals surface area contributed by atoms with E-state index in [-0.39, 0.29) is 10.8 Å². The molecule has 7 nitrogen and oxygen atoms in total. The van der Waals surface area contributed by atoms with Crippen molar-refractivity contribution in [1.29, 1.82) is 0 Å². The molecule has 1 atom stereocenters. The molecule has 0 bridgehead atoms. The molecule has 1 aliphatic rings. The molecule has 0 aliphatic carbocycles. The molecule has 4 rings (SSSR count). The summed E-state index contributed by atoms with van der Waals surface area (Å²) in [5, 5.41) is 5.17. The smallest absolute Gasteiger partial charge is 0.244 e. The van der Waals surface area contributed by atoms with Crippen molar-refractivity contribution < 1.29 is 17.9 Å². The number of amides is 1. The molecule has 1 fully saturated rings. The van der Waals surface area contributed by atoms with Gasteiger partial charge in [0.25, 0.3) is 0 Å². The zero-order valence-electron chi connectivity index (χ0n) is 18.7. The van der Waals surface area contributed by atoms with Crippen molar-refractivity contribution >= 4 is 32.4 Å². The average molecular weight is 486 g/mol. The molecule has 2 heterocycles. The minimum absolute atomic E-state index is 0.212. The highest BCUT2D eigenvalue weighted by atomic mass is 32.2. The summed E-state index contributed by atoms with van der Waals surface area (Å²) in [4.78, 5) is 18.0. The fourth-order valence-electron chi connectivity index (χ4n) is 3.89. The number of aryl methyl sites for hydroxylation is 1. The number of carbonyl (C=O) groups is 1. The normalized spacial score (nSPS) is 17.3. The van der Waals surface area contributed by atoms with Crippen LogP contribution in [0.4, 0.5) is 5.13 Å². The van der Waals surface area contributed by atoms with E-state index in [4.69, 9.17) is 4.74 Å². The summed E-state index contributed by atoms with van der Waals surface area (Å²) < 4.78 is 33.3. The van der Waals surface area contributed by atoms with Crippen LogP contribution in [0.1, 0.15) is 31.2 Å². The Morgan fingerprint density at radius 2 is 1.82 bits per heavy atom. The van der Waals surface area contributed by atoms with Gasteiger partial charge in [0.05, 0.1) is 17.7 Å². The lowest BCUT2D eigenvalue weighted by atomic mass is 10.1. The van der Waals surface area contributed by atoms with E-state index in [2.05, 4.69) is 10.3 Å². The van der Waals surface area contributed by atoms with Gasteiger partial charge in [0.15, 0.2) is 5.13 Å². The van der Waals surface area contributed by atoms with Gasteiger partial charge < -0.3 is 10.1 Å². The number of rotatable bonds is 6. The molecule has 3 aromatic rings. The predicted molar refractivity (Wildman–Crippen MR) is 130 cm³/mol. The molecule has 1 N–H and O–H groups in total. The van der Waals surface area contributed by atoms with Crippen LogP contribution in [0.5, 0.6) is 5.75 Å². The molecular formula is C24H27N3O4S2. The fourth-order valence-corrected chi connectivity index (χ4v) is 6.27. The van der Waals surface area contributed by atoms with Crippen molar-refractivity contribution in [2.24, 2.45) is 0 Å². The Labute approximate surface area is 198 Å². The number of benzene rings is 2. The van der Waals surface area contributed by atoms with Crippen molar-refractivity contribution in [3.63, 3.8) is 0 Å². The summed E-state index contributed by atoms with van der Waals surface area (Å²) in [5.74, 6) is 0.411. The lowest BCUT2D eigenvalue weighted by Crippen LogP contribution is -2.46. The maximum absolute atomic E-state index is 13.4. The van der Waals surface area contributed by atoms with Gasteiger partial charge in [-0.25, -0.2) is 13.4 Å². The van der Waals surface area contributed by atoms with Crippen LogP contribution in [0.2, 0.25) is 0 Å². The number of hydrogen-bond acceptors (Lipinski definition) is 6. The average Bonchev–Trinajstić information content (AvgIpc) is 3.12. The van der Waals surface area contributed by atoms with E-state index in [1.807, 2.05) is 36.6 Å². The predicted octanol–water partition coefficient (Wildman–Crippen LogP) is 4.70. The van der Waals surface area contributed by atoms with Crippen LogP contribution in [0.15, 0.2) is 58.8 Å². The third kappa shape index (κ3) is 5.26. The molecule has 174 valence electrons. The Bertz CT molecular complexity index is 1210. The topological polar surface area (TPSA) is 88.6 Å². The van der Waals surface area contributed by atoms with Crippen molar-refractivity contribution in [3.8, 4) is 17.0 Å². The summed E-state index contributed by atoms with van der Waals surface area (Å²) in [5.41, 5.74) is 2.63. The first-order valence-electron chi connectivity index (χ1n) is 10.9. The molecule has 1 aliphatic heterocycles. The second-order valence-electron chi connectivity index (χ2n) is 8.05. The number of ether oxygens (including phenoxy) is 1. The first-order chi connectivity index (χ1) is 15.9. The quantitative estimate of drug-likeness (QED) is 0.547. The van der Waals surface area contributed by atoms with Gasteiger partial charge in [0, 0.05) is 17.5 Å². The molecular weight excluding hydrogens is 458 g/mol. The van der Waals surface area contributed by atoms with Crippen molar-refractivity contribution in [2.75, 3.05) is 19.0 Å². The van der Waals surface area contributed by atoms with Crippen LogP contribution in [0.25, 0.3) is 11.3 Å². The van der Waals surface area contributed by atoms with E-state index in [1.54, 1.807) is 31.4 Å². The Balaban J connectivity index is 1.54. The van der Waals surface area contributed by atoms with Gasteiger partial charge in [-0.15, -0.1) is 11.3 Å². The zero-order valence-corrected chi connectivity index (χ0v) is 20.3. The number of sulfonamides is 1. The first kappa shape index (κ1) is 23.4. The van der Waals surface area contributed by atoms with E-state index in [9.17, 15) is 13.2 Å². The Kier molecular flexibility index (Phi) is 7.11. The highest BCUT2D eigenvalue weighted by molar-refractivity contribution is 7.89. The molecule has 33 heavy (non-hydrogen) atoms. The first-order valence-corrected chi connectivity index (χ1v) is 13.2. The Hall–Kier alpha value is -2.75. The standard InChI is InChI=1S/C24H27N3O4S2/c1-17-7-13-20(14-8-17)33(29,30)27-15-5-3-4-6-22(27)23(28)26-24-25-21(16-32-24)18-9-11-19(31-2)12-10-18/h7-14,16,22H,3-6,15H2,1-2H3,(H,25,26,28). The number of nitrogens with one attached hydrogen (secondary N) is 1. The van der Waals surface area contributed by atoms with Crippen LogP contribution in [-0.4, -0.2) is 43.3 Å². The minimum atomic E-state index is -3.79. The van der Waals surface area contributed by atoms with Crippen molar-refractivity contribution in [3.05, 3.63) is 59.5 Å². The number of nitrogens with zero attached hydrogens (tertiary/aromatic N) is 2.